The van der Waals surface area contributed by atoms with Crippen molar-refractivity contribution in [2.75, 3.05) is 6.61 Å². The minimum absolute atomic E-state index is 0.804. The summed E-state index contributed by atoms with van der Waals surface area (Å²) in [6, 6.07) is 12.6. The van der Waals surface area contributed by atoms with Crippen LogP contribution in [0.2, 0.25) is 0 Å². The van der Waals surface area contributed by atoms with Gasteiger partial charge in [0.05, 0.1) is 18.0 Å². The molecule has 2 aromatic rings. The summed E-state index contributed by atoms with van der Waals surface area (Å²) in [6.45, 7) is 5.35. The third-order valence-electron chi connectivity index (χ3n) is 7.13. The van der Waals surface area contributed by atoms with Crippen LogP contribution in [0.25, 0.3) is 11.3 Å². The second-order valence-electron chi connectivity index (χ2n) is 9.76. The number of hydrogen-bond acceptors (Lipinski definition) is 3. The van der Waals surface area contributed by atoms with E-state index in [4.69, 9.17) is 4.74 Å². The Kier molecular flexibility index (Phi) is 11.0. The van der Waals surface area contributed by atoms with E-state index in [0.29, 0.717) is 0 Å². The highest BCUT2D eigenvalue weighted by atomic mass is 16.5. The first kappa shape index (κ1) is 24.7. The zero-order valence-corrected chi connectivity index (χ0v) is 20.5. The van der Waals surface area contributed by atoms with Crippen LogP contribution in [0.3, 0.4) is 0 Å². The number of hydrogen-bond donors (Lipinski definition) is 0. The molecular formula is C29H44N2O. The quantitative estimate of drug-likeness (QED) is 0.279. The molecule has 1 fully saturated rings. The summed E-state index contributed by atoms with van der Waals surface area (Å²) in [6.07, 6.45) is 18.5. The van der Waals surface area contributed by atoms with E-state index in [0.717, 1.165) is 54.0 Å². The lowest BCUT2D eigenvalue weighted by atomic mass is 9.78. The van der Waals surface area contributed by atoms with Crippen LogP contribution in [-0.4, -0.2) is 16.8 Å². The van der Waals surface area contributed by atoms with Gasteiger partial charge >= 0.3 is 0 Å². The molecule has 0 radical (unpaired) electrons. The molecule has 0 unspecified atom stereocenters. The van der Waals surface area contributed by atoms with Crippen molar-refractivity contribution in [1.29, 1.82) is 0 Å². The minimum Gasteiger partial charge on any atom is -0.494 e. The summed E-state index contributed by atoms with van der Waals surface area (Å²) in [4.78, 5) is 0. The van der Waals surface area contributed by atoms with Gasteiger partial charge in [0.2, 0.25) is 0 Å². The van der Waals surface area contributed by atoms with Gasteiger partial charge in [-0.15, -0.1) is 0 Å². The van der Waals surface area contributed by atoms with Gasteiger partial charge in [-0.05, 0) is 67.5 Å². The van der Waals surface area contributed by atoms with Gasteiger partial charge in [-0.25, -0.2) is 0 Å². The topological polar surface area (TPSA) is 35.0 Å². The molecule has 0 amide bonds. The van der Waals surface area contributed by atoms with Crippen molar-refractivity contribution in [3.05, 3.63) is 42.1 Å². The van der Waals surface area contributed by atoms with Crippen molar-refractivity contribution in [3.63, 3.8) is 0 Å². The lowest BCUT2D eigenvalue weighted by Gasteiger charge is -2.28. The number of ether oxygens (including phenoxy) is 1. The van der Waals surface area contributed by atoms with E-state index >= 15 is 0 Å². The van der Waals surface area contributed by atoms with Gasteiger partial charge in [0.1, 0.15) is 5.75 Å². The molecule has 176 valence electrons. The Morgan fingerprint density at radius 3 is 2.06 bits per heavy atom. The molecule has 0 spiro atoms. The molecule has 3 rings (SSSR count). The molecule has 1 aromatic carbocycles. The Labute approximate surface area is 196 Å². The fourth-order valence-corrected chi connectivity index (χ4v) is 4.92. The van der Waals surface area contributed by atoms with Gasteiger partial charge in [0.25, 0.3) is 0 Å². The summed E-state index contributed by atoms with van der Waals surface area (Å²) in [5.41, 5.74) is 3.17. The molecule has 0 saturated heterocycles. The van der Waals surface area contributed by atoms with Crippen LogP contribution in [0.15, 0.2) is 36.4 Å². The normalized spacial score (nSPS) is 18.6. The van der Waals surface area contributed by atoms with Gasteiger partial charge < -0.3 is 4.74 Å². The third kappa shape index (κ3) is 8.56. The first-order chi connectivity index (χ1) is 15.8. The number of benzene rings is 1. The lowest BCUT2D eigenvalue weighted by molar-refractivity contribution is 0.249. The van der Waals surface area contributed by atoms with Gasteiger partial charge in [0.15, 0.2) is 0 Å². The van der Waals surface area contributed by atoms with E-state index in [1.54, 1.807) is 0 Å². The average Bonchev–Trinajstić information content (AvgIpc) is 2.85. The number of rotatable bonds is 14. The van der Waals surface area contributed by atoms with Crippen LogP contribution in [0, 0.1) is 11.8 Å². The molecule has 32 heavy (non-hydrogen) atoms. The Bertz CT molecular complexity index is 733. The maximum atomic E-state index is 5.88. The van der Waals surface area contributed by atoms with Gasteiger partial charge in [-0.1, -0.05) is 84.5 Å². The maximum Gasteiger partial charge on any atom is 0.119 e. The summed E-state index contributed by atoms with van der Waals surface area (Å²) in [5.74, 6) is 2.82. The van der Waals surface area contributed by atoms with Crippen LogP contribution in [0.4, 0.5) is 0 Å². The largest absolute Gasteiger partial charge is 0.494 e. The lowest BCUT2D eigenvalue weighted by Crippen LogP contribution is -2.15. The monoisotopic (exact) mass is 436 g/mol. The SMILES string of the molecule is CCCCCCCOc1ccc(-c2ccc(CCC3CCC(CCCC)CC3)nn2)cc1. The highest BCUT2D eigenvalue weighted by Gasteiger charge is 2.20. The van der Waals surface area contributed by atoms with Crippen LogP contribution >= 0.6 is 0 Å². The number of aromatic nitrogens is 2. The van der Waals surface area contributed by atoms with E-state index in [9.17, 15) is 0 Å². The Balaban J connectivity index is 1.38. The maximum absolute atomic E-state index is 5.88. The van der Waals surface area contributed by atoms with Crippen LogP contribution < -0.4 is 4.74 Å². The number of aryl methyl sites for hydroxylation is 1. The molecule has 1 saturated carbocycles. The Hall–Kier alpha value is -1.90. The number of unbranched alkanes of at least 4 members (excludes halogenated alkanes) is 5. The van der Waals surface area contributed by atoms with Crippen molar-refractivity contribution < 1.29 is 4.74 Å². The second kappa shape index (κ2) is 14.3. The predicted molar refractivity (Wildman–Crippen MR) is 135 cm³/mol. The Morgan fingerprint density at radius 1 is 0.719 bits per heavy atom. The van der Waals surface area contributed by atoms with E-state index in [1.807, 2.05) is 12.1 Å². The molecule has 3 nitrogen and oxygen atoms in total. The fourth-order valence-electron chi connectivity index (χ4n) is 4.92. The first-order valence-corrected chi connectivity index (χ1v) is 13.3. The first-order valence-electron chi connectivity index (χ1n) is 13.3. The van der Waals surface area contributed by atoms with Crippen molar-refractivity contribution >= 4 is 0 Å². The van der Waals surface area contributed by atoms with E-state index < -0.39 is 0 Å². The van der Waals surface area contributed by atoms with E-state index in [-0.39, 0.29) is 0 Å². The standard InChI is InChI=1S/C29H44N2O/c1-3-5-7-8-9-23-32-28-20-16-26(17-21-28)29-22-19-27(30-31-29)18-15-25-13-11-24(12-14-25)10-6-4-2/h16-17,19-22,24-25H,3-15,18,23H2,1-2H3. The number of nitrogens with zero attached hydrogens (tertiary/aromatic N) is 2. The molecular weight excluding hydrogens is 392 g/mol. The second-order valence-corrected chi connectivity index (χ2v) is 9.76. The highest BCUT2D eigenvalue weighted by Crippen LogP contribution is 2.34. The predicted octanol–water partition coefficient (Wildman–Crippen LogP) is 8.42. The fraction of sp³-hybridized carbons (Fsp3) is 0.655. The van der Waals surface area contributed by atoms with Crippen molar-refractivity contribution in [1.82, 2.24) is 10.2 Å². The Morgan fingerprint density at radius 2 is 1.41 bits per heavy atom. The molecule has 1 aliphatic rings. The van der Waals surface area contributed by atoms with Gasteiger partial charge in [0, 0.05) is 5.56 Å². The molecule has 1 aliphatic carbocycles. The van der Waals surface area contributed by atoms with Crippen molar-refractivity contribution in [2.24, 2.45) is 11.8 Å². The molecule has 1 heterocycles. The molecule has 0 aliphatic heterocycles. The molecule has 3 heteroatoms. The average molecular weight is 437 g/mol. The summed E-state index contributed by atoms with van der Waals surface area (Å²) < 4.78 is 5.88. The highest BCUT2D eigenvalue weighted by molar-refractivity contribution is 5.59. The molecule has 1 aromatic heterocycles. The zero-order chi connectivity index (χ0) is 22.4. The smallest absolute Gasteiger partial charge is 0.119 e. The molecule has 0 N–H and O–H groups in total. The third-order valence-corrected chi connectivity index (χ3v) is 7.13. The van der Waals surface area contributed by atoms with Crippen molar-refractivity contribution in [2.45, 2.75) is 104 Å². The van der Waals surface area contributed by atoms with Crippen LogP contribution in [0.1, 0.15) is 103 Å². The van der Waals surface area contributed by atoms with E-state index in [1.165, 1.54) is 77.0 Å². The summed E-state index contributed by atoms with van der Waals surface area (Å²) >= 11 is 0. The van der Waals surface area contributed by atoms with Crippen molar-refractivity contribution in [3.8, 4) is 17.0 Å². The van der Waals surface area contributed by atoms with Gasteiger partial charge in [-0.3, -0.25) is 0 Å². The summed E-state index contributed by atoms with van der Waals surface area (Å²) in [5, 5.41) is 9.02. The van der Waals surface area contributed by atoms with Crippen LogP contribution in [0.5, 0.6) is 5.75 Å². The molecule has 0 bridgehead atoms. The zero-order valence-electron chi connectivity index (χ0n) is 20.5. The molecule has 0 atom stereocenters. The summed E-state index contributed by atoms with van der Waals surface area (Å²) in [7, 11) is 0. The van der Waals surface area contributed by atoms with Gasteiger partial charge in [-0.2, -0.15) is 10.2 Å². The minimum atomic E-state index is 0.804. The van der Waals surface area contributed by atoms with Crippen LogP contribution in [-0.2, 0) is 6.42 Å². The van der Waals surface area contributed by atoms with E-state index in [2.05, 4.69) is 48.3 Å².